The molecular weight excluding hydrogens is 380 g/mol. The molecule has 0 saturated heterocycles. The highest BCUT2D eigenvalue weighted by atomic mass is 16.4. The van der Waals surface area contributed by atoms with Crippen LogP contribution in [0.15, 0.2) is 47.1 Å². The number of ketones is 1. The number of fused-ring (bicyclic) bond motifs is 1. The Morgan fingerprint density at radius 3 is 2.53 bits per heavy atom. The fourth-order valence-corrected chi connectivity index (χ4v) is 5.09. The van der Waals surface area contributed by atoms with Gasteiger partial charge in [-0.3, -0.25) is 9.59 Å². The minimum atomic E-state index is -1.44. The Labute approximate surface area is 179 Å². The summed E-state index contributed by atoms with van der Waals surface area (Å²) >= 11 is 0. The third-order valence-corrected chi connectivity index (χ3v) is 7.09. The summed E-state index contributed by atoms with van der Waals surface area (Å²) in [4.78, 5) is 24.3. The summed E-state index contributed by atoms with van der Waals surface area (Å²) in [7, 11) is 0. The average Bonchev–Trinajstić information content (AvgIpc) is 2.69. The monoisotopic (exact) mass is 416 g/mol. The minimum absolute atomic E-state index is 0.0404. The number of allylic oxidation sites excluding steroid dienone is 6. The van der Waals surface area contributed by atoms with Crippen molar-refractivity contribution in [3.8, 4) is 0 Å². The smallest absolute Gasteiger partial charge is 0.309 e. The zero-order chi connectivity index (χ0) is 22.8. The number of carboxylic acids is 1. The van der Waals surface area contributed by atoms with Crippen LogP contribution >= 0.6 is 0 Å². The highest BCUT2D eigenvalue weighted by molar-refractivity contribution is 5.91. The van der Waals surface area contributed by atoms with E-state index in [1.165, 1.54) is 12.5 Å². The maximum Gasteiger partial charge on any atom is 0.309 e. The molecule has 2 aliphatic rings. The molecule has 0 heterocycles. The number of rotatable bonds is 6. The zero-order valence-corrected chi connectivity index (χ0v) is 18.9. The van der Waals surface area contributed by atoms with E-state index in [-0.39, 0.29) is 29.5 Å². The van der Waals surface area contributed by atoms with Gasteiger partial charge in [0.05, 0.1) is 12.0 Å². The normalized spacial score (nSPS) is 35.1. The summed E-state index contributed by atoms with van der Waals surface area (Å²) in [6, 6.07) is 0. The summed E-state index contributed by atoms with van der Waals surface area (Å²) < 4.78 is 0. The third kappa shape index (κ3) is 4.68. The van der Waals surface area contributed by atoms with Gasteiger partial charge in [0.25, 0.3) is 0 Å². The summed E-state index contributed by atoms with van der Waals surface area (Å²) in [5.74, 6) is -2.48. The molecule has 0 amide bonds. The molecule has 0 bridgehead atoms. The van der Waals surface area contributed by atoms with E-state index in [9.17, 15) is 19.8 Å². The lowest BCUT2D eigenvalue weighted by atomic mass is 9.54. The van der Waals surface area contributed by atoms with Crippen LogP contribution < -0.4 is 0 Å². The molecule has 5 nitrogen and oxygen atoms in total. The lowest BCUT2D eigenvalue weighted by molar-refractivity contribution is -0.157. The molecule has 1 saturated carbocycles. The van der Waals surface area contributed by atoms with Gasteiger partial charge in [-0.15, -0.1) is 0 Å². The molecule has 2 aliphatic carbocycles. The van der Waals surface area contributed by atoms with E-state index in [1.54, 1.807) is 19.9 Å². The van der Waals surface area contributed by atoms with E-state index in [0.29, 0.717) is 12.0 Å². The van der Waals surface area contributed by atoms with Gasteiger partial charge in [0.2, 0.25) is 0 Å². The largest absolute Gasteiger partial charge is 0.481 e. The van der Waals surface area contributed by atoms with E-state index >= 15 is 0 Å². The number of Topliss-reactive ketones (excluding diaryl/α,β-unsaturated/α-hetero) is 1. The minimum Gasteiger partial charge on any atom is -0.481 e. The Bertz CT molecular complexity index is 798. The van der Waals surface area contributed by atoms with Gasteiger partial charge in [-0.1, -0.05) is 41.5 Å². The first-order valence-corrected chi connectivity index (χ1v) is 10.7. The summed E-state index contributed by atoms with van der Waals surface area (Å²) in [5.41, 5.74) is 1.29. The summed E-state index contributed by atoms with van der Waals surface area (Å²) in [6.07, 6.45) is 10.1. The van der Waals surface area contributed by atoms with Crippen molar-refractivity contribution >= 4 is 11.8 Å². The first-order chi connectivity index (χ1) is 13.9. The molecule has 2 rings (SSSR count). The number of carboxylic acid groups (broad SMARTS) is 1. The first kappa shape index (κ1) is 24.3. The fraction of sp³-hybridized carbons (Fsp3) is 0.600. The van der Waals surface area contributed by atoms with Crippen LogP contribution in [0, 0.1) is 29.6 Å². The maximum absolute atomic E-state index is 13.2. The molecule has 3 N–H and O–H groups in total. The van der Waals surface area contributed by atoms with Gasteiger partial charge in [0.1, 0.15) is 5.60 Å². The van der Waals surface area contributed by atoms with E-state index < -0.39 is 23.6 Å². The van der Waals surface area contributed by atoms with Crippen LogP contribution in [-0.4, -0.2) is 38.8 Å². The van der Waals surface area contributed by atoms with Gasteiger partial charge in [0.15, 0.2) is 5.78 Å². The molecule has 0 aliphatic heterocycles. The van der Waals surface area contributed by atoms with Crippen LogP contribution in [0.1, 0.15) is 54.4 Å². The quantitative estimate of drug-likeness (QED) is 0.448. The molecule has 1 fully saturated rings. The first-order valence-electron chi connectivity index (χ1n) is 10.7. The molecule has 7 atom stereocenters. The standard InChI is InChI=1S/C25H36O5/c1-7-15(3)21-19(10-8-9-16(4)22(26)17(5)24(28)29)18-12-11-14(2)13-20(18)23(27)25(21,6)30/h7-11,17-22,26,30H,12-13H2,1-6H3,(H,28,29)/b10-8?,15-7+,16-9+/t17-,18+,19+,20-,21+,22-,25-/m1/s1. The number of aliphatic hydroxyl groups excluding tert-OH is 1. The predicted octanol–water partition coefficient (Wildman–Crippen LogP) is 4.08. The highest BCUT2D eigenvalue weighted by Gasteiger charge is 2.55. The van der Waals surface area contributed by atoms with E-state index in [0.717, 1.165) is 12.0 Å². The van der Waals surface area contributed by atoms with Crippen molar-refractivity contribution in [1.29, 1.82) is 0 Å². The summed E-state index contributed by atoms with van der Waals surface area (Å²) in [5, 5.41) is 30.6. The fourth-order valence-electron chi connectivity index (χ4n) is 5.09. The molecule has 30 heavy (non-hydrogen) atoms. The Hall–Kier alpha value is -1.98. The maximum atomic E-state index is 13.2. The van der Waals surface area contributed by atoms with Crippen LogP contribution in [0.5, 0.6) is 0 Å². The number of aliphatic carboxylic acids is 1. The van der Waals surface area contributed by atoms with Crippen molar-refractivity contribution in [2.75, 3.05) is 0 Å². The average molecular weight is 417 g/mol. The van der Waals surface area contributed by atoms with Gasteiger partial charge in [-0.05, 0) is 71.8 Å². The van der Waals surface area contributed by atoms with Crippen molar-refractivity contribution in [2.24, 2.45) is 29.6 Å². The van der Waals surface area contributed by atoms with Crippen molar-refractivity contribution in [3.63, 3.8) is 0 Å². The third-order valence-electron chi connectivity index (χ3n) is 7.09. The topological polar surface area (TPSA) is 94.8 Å². The molecule has 0 spiro atoms. The van der Waals surface area contributed by atoms with Crippen LogP contribution in [-0.2, 0) is 9.59 Å². The SMILES string of the molecule is C/C=C(\C)[C@H]1[C@@H](C=C/C=C(\C)[C@@H](O)[C@@H](C)C(=O)O)[C@@H]2CC=C(C)C[C@H]2C(=O)[C@]1(C)O. The van der Waals surface area contributed by atoms with E-state index in [1.807, 2.05) is 39.0 Å². The van der Waals surface area contributed by atoms with Crippen LogP contribution in [0.3, 0.4) is 0 Å². The number of aliphatic hydroxyl groups is 2. The highest BCUT2D eigenvalue weighted by Crippen LogP contribution is 2.51. The second kappa shape index (κ2) is 9.44. The number of carbonyl (C=O) groups is 2. The van der Waals surface area contributed by atoms with Crippen molar-refractivity contribution in [1.82, 2.24) is 0 Å². The van der Waals surface area contributed by atoms with E-state index in [2.05, 4.69) is 6.08 Å². The number of hydrogen-bond acceptors (Lipinski definition) is 4. The molecular formula is C25H36O5. The van der Waals surface area contributed by atoms with Gasteiger partial charge < -0.3 is 15.3 Å². The Kier molecular flexibility index (Phi) is 7.64. The Balaban J connectivity index is 2.42. The summed E-state index contributed by atoms with van der Waals surface area (Å²) in [6.45, 7) is 10.7. The molecule has 0 radical (unpaired) electrons. The molecule has 0 aromatic heterocycles. The molecule has 166 valence electrons. The molecule has 0 unspecified atom stereocenters. The second-order valence-corrected chi connectivity index (χ2v) is 9.23. The van der Waals surface area contributed by atoms with Crippen LogP contribution in [0.25, 0.3) is 0 Å². The zero-order valence-electron chi connectivity index (χ0n) is 18.9. The van der Waals surface area contributed by atoms with Gasteiger partial charge in [0, 0.05) is 11.8 Å². The van der Waals surface area contributed by atoms with Crippen LogP contribution in [0.2, 0.25) is 0 Å². The van der Waals surface area contributed by atoms with Gasteiger partial charge >= 0.3 is 5.97 Å². The Morgan fingerprint density at radius 1 is 1.33 bits per heavy atom. The van der Waals surface area contributed by atoms with Crippen LogP contribution in [0.4, 0.5) is 0 Å². The second-order valence-electron chi connectivity index (χ2n) is 9.23. The van der Waals surface area contributed by atoms with Gasteiger partial charge in [-0.25, -0.2) is 0 Å². The molecule has 5 heteroatoms. The predicted molar refractivity (Wildman–Crippen MR) is 118 cm³/mol. The lowest BCUT2D eigenvalue weighted by Crippen LogP contribution is -2.58. The lowest BCUT2D eigenvalue weighted by Gasteiger charge is -2.50. The van der Waals surface area contributed by atoms with Gasteiger partial charge in [-0.2, -0.15) is 0 Å². The number of carbonyl (C=O) groups excluding carboxylic acids is 1. The number of hydrogen-bond donors (Lipinski definition) is 3. The van der Waals surface area contributed by atoms with Crippen molar-refractivity contribution in [2.45, 2.75) is 66.1 Å². The molecule has 0 aromatic carbocycles. The Morgan fingerprint density at radius 2 is 1.97 bits per heavy atom. The van der Waals surface area contributed by atoms with Crippen molar-refractivity contribution in [3.05, 3.63) is 47.1 Å². The van der Waals surface area contributed by atoms with E-state index in [4.69, 9.17) is 5.11 Å². The molecule has 0 aromatic rings. The van der Waals surface area contributed by atoms with Crippen molar-refractivity contribution < 1.29 is 24.9 Å².